The van der Waals surface area contributed by atoms with E-state index in [4.69, 9.17) is 0 Å². The Morgan fingerprint density at radius 2 is 1.52 bits per heavy atom. The minimum atomic E-state index is -3.64. The van der Waals surface area contributed by atoms with E-state index in [2.05, 4.69) is 17.0 Å². The number of anilines is 2. The lowest BCUT2D eigenvalue weighted by atomic mass is 10.1. The topological polar surface area (TPSA) is 78.0 Å². The molecule has 2 aromatic carbocycles. The van der Waals surface area contributed by atoms with Crippen LogP contribution in [0.3, 0.4) is 0 Å². The van der Waals surface area contributed by atoms with E-state index in [-0.39, 0.29) is 17.3 Å². The van der Waals surface area contributed by atoms with Crippen molar-refractivity contribution in [3.8, 4) is 0 Å². The Balaban J connectivity index is 1.43. The van der Waals surface area contributed by atoms with E-state index in [0.29, 0.717) is 18.7 Å². The SMILES string of the molecule is CC1CS(=O)(=O)N(c2ccc(C(=O)N3CCN(c4ccccc4)CC3)cc2)C1=O. The van der Waals surface area contributed by atoms with Gasteiger partial charge in [-0.2, -0.15) is 0 Å². The number of benzene rings is 2. The molecule has 29 heavy (non-hydrogen) atoms. The first kappa shape index (κ1) is 19.4. The molecule has 0 N–H and O–H groups in total. The third-order valence-corrected chi connectivity index (χ3v) is 7.27. The number of piperazine rings is 1. The average Bonchev–Trinajstić information content (AvgIpc) is 2.95. The minimum Gasteiger partial charge on any atom is -0.368 e. The summed E-state index contributed by atoms with van der Waals surface area (Å²) in [5.41, 5.74) is 1.92. The standard InChI is InChI=1S/C21H23N3O4S/c1-16-15-29(27,28)24(20(16)25)19-9-7-17(8-10-19)21(26)23-13-11-22(12-14-23)18-5-3-2-4-6-18/h2-10,16H,11-15H2,1H3. The Hall–Kier alpha value is -2.87. The van der Waals surface area contributed by atoms with Crippen LogP contribution in [0.1, 0.15) is 17.3 Å². The number of rotatable bonds is 3. The van der Waals surface area contributed by atoms with Gasteiger partial charge in [-0.15, -0.1) is 0 Å². The molecule has 2 aliphatic heterocycles. The molecule has 2 fully saturated rings. The molecule has 0 aromatic heterocycles. The zero-order valence-electron chi connectivity index (χ0n) is 16.2. The molecule has 2 heterocycles. The molecular formula is C21H23N3O4S. The molecule has 1 unspecified atom stereocenters. The molecule has 152 valence electrons. The van der Waals surface area contributed by atoms with E-state index in [1.807, 2.05) is 18.2 Å². The summed E-state index contributed by atoms with van der Waals surface area (Å²) in [6, 6.07) is 16.3. The van der Waals surface area contributed by atoms with E-state index < -0.39 is 21.8 Å². The van der Waals surface area contributed by atoms with Crippen LogP contribution in [-0.2, 0) is 14.8 Å². The first-order valence-electron chi connectivity index (χ1n) is 9.63. The molecule has 8 heteroatoms. The lowest BCUT2D eigenvalue weighted by Crippen LogP contribution is -2.48. The molecule has 2 aliphatic rings. The Morgan fingerprint density at radius 3 is 2.07 bits per heavy atom. The van der Waals surface area contributed by atoms with E-state index in [1.165, 1.54) is 12.1 Å². The van der Waals surface area contributed by atoms with Gasteiger partial charge in [0.1, 0.15) is 0 Å². The highest BCUT2D eigenvalue weighted by atomic mass is 32.2. The van der Waals surface area contributed by atoms with Crippen molar-refractivity contribution < 1.29 is 18.0 Å². The highest BCUT2D eigenvalue weighted by Gasteiger charge is 2.41. The molecule has 0 saturated carbocycles. The fourth-order valence-corrected chi connectivity index (χ4v) is 5.64. The van der Waals surface area contributed by atoms with Crippen molar-refractivity contribution in [1.29, 1.82) is 0 Å². The van der Waals surface area contributed by atoms with Crippen molar-refractivity contribution in [2.45, 2.75) is 6.92 Å². The number of sulfonamides is 1. The molecule has 0 spiro atoms. The second-order valence-electron chi connectivity index (χ2n) is 7.44. The second-order valence-corrected chi connectivity index (χ2v) is 9.31. The monoisotopic (exact) mass is 413 g/mol. The Labute approximate surface area is 170 Å². The largest absolute Gasteiger partial charge is 0.368 e. The maximum Gasteiger partial charge on any atom is 0.253 e. The predicted octanol–water partition coefficient (Wildman–Crippen LogP) is 1.96. The maximum atomic E-state index is 12.8. The van der Waals surface area contributed by atoms with E-state index in [1.54, 1.807) is 24.0 Å². The van der Waals surface area contributed by atoms with Gasteiger partial charge in [0, 0.05) is 37.4 Å². The third-order valence-electron chi connectivity index (χ3n) is 5.40. The highest BCUT2D eigenvalue weighted by molar-refractivity contribution is 7.94. The van der Waals surface area contributed by atoms with Crippen LogP contribution in [0.4, 0.5) is 11.4 Å². The Kier molecular flexibility index (Phi) is 5.04. The summed E-state index contributed by atoms with van der Waals surface area (Å²) in [5, 5.41) is 0. The number of hydrogen-bond acceptors (Lipinski definition) is 5. The summed E-state index contributed by atoms with van der Waals surface area (Å²) >= 11 is 0. The van der Waals surface area contributed by atoms with Gasteiger partial charge < -0.3 is 9.80 Å². The van der Waals surface area contributed by atoms with Crippen molar-refractivity contribution in [3.63, 3.8) is 0 Å². The lowest BCUT2D eigenvalue weighted by molar-refractivity contribution is -0.119. The van der Waals surface area contributed by atoms with Gasteiger partial charge in [-0.25, -0.2) is 12.7 Å². The molecule has 0 radical (unpaired) electrons. The number of hydrogen-bond donors (Lipinski definition) is 0. The highest BCUT2D eigenvalue weighted by Crippen LogP contribution is 2.28. The van der Waals surface area contributed by atoms with Gasteiger partial charge in [-0.3, -0.25) is 9.59 Å². The van der Waals surface area contributed by atoms with Crippen molar-refractivity contribution >= 4 is 33.2 Å². The Morgan fingerprint density at radius 1 is 0.897 bits per heavy atom. The summed E-state index contributed by atoms with van der Waals surface area (Å²) in [6.45, 7) is 4.35. The van der Waals surface area contributed by atoms with Crippen LogP contribution in [-0.4, -0.2) is 57.1 Å². The van der Waals surface area contributed by atoms with Crippen LogP contribution in [0, 0.1) is 5.92 Å². The summed E-state index contributed by atoms with van der Waals surface area (Å²) in [5.74, 6) is -1.25. The molecule has 2 saturated heterocycles. The van der Waals surface area contributed by atoms with Crippen LogP contribution in [0.15, 0.2) is 54.6 Å². The number of amides is 2. The van der Waals surface area contributed by atoms with Gasteiger partial charge in [0.15, 0.2) is 0 Å². The van der Waals surface area contributed by atoms with Gasteiger partial charge in [0.2, 0.25) is 15.9 Å². The lowest BCUT2D eigenvalue weighted by Gasteiger charge is -2.36. The minimum absolute atomic E-state index is 0.0896. The maximum absolute atomic E-state index is 12.8. The van der Waals surface area contributed by atoms with Crippen LogP contribution < -0.4 is 9.21 Å². The molecule has 2 amide bonds. The molecule has 2 aromatic rings. The predicted molar refractivity (Wildman–Crippen MR) is 111 cm³/mol. The second kappa shape index (κ2) is 7.51. The number of para-hydroxylation sites is 1. The van der Waals surface area contributed by atoms with Gasteiger partial charge in [-0.1, -0.05) is 25.1 Å². The third kappa shape index (κ3) is 3.72. The summed E-state index contributed by atoms with van der Waals surface area (Å²) in [6.07, 6.45) is 0. The number of nitrogens with zero attached hydrogens (tertiary/aromatic N) is 3. The van der Waals surface area contributed by atoms with Gasteiger partial charge in [0.05, 0.1) is 17.4 Å². The Bertz CT molecular complexity index is 1010. The van der Waals surface area contributed by atoms with Crippen molar-refractivity contribution in [2.24, 2.45) is 5.92 Å². The van der Waals surface area contributed by atoms with Crippen molar-refractivity contribution in [2.75, 3.05) is 41.1 Å². The van der Waals surface area contributed by atoms with Crippen LogP contribution in [0.25, 0.3) is 0 Å². The van der Waals surface area contributed by atoms with E-state index in [9.17, 15) is 18.0 Å². The fraction of sp³-hybridized carbons (Fsp3) is 0.333. The number of carbonyl (C=O) groups excluding carboxylic acids is 2. The van der Waals surface area contributed by atoms with Gasteiger partial charge >= 0.3 is 0 Å². The molecular weight excluding hydrogens is 390 g/mol. The fourth-order valence-electron chi connectivity index (χ4n) is 3.82. The molecule has 4 rings (SSSR count). The molecule has 1 atom stereocenters. The van der Waals surface area contributed by atoms with Crippen LogP contribution in [0.2, 0.25) is 0 Å². The van der Waals surface area contributed by atoms with E-state index in [0.717, 1.165) is 23.1 Å². The van der Waals surface area contributed by atoms with Crippen molar-refractivity contribution in [1.82, 2.24) is 4.90 Å². The van der Waals surface area contributed by atoms with E-state index >= 15 is 0 Å². The van der Waals surface area contributed by atoms with Crippen LogP contribution >= 0.6 is 0 Å². The molecule has 0 bridgehead atoms. The zero-order chi connectivity index (χ0) is 20.6. The van der Waals surface area contributed by atoms with Gasteiger partial charge in [-0.05, 0) is 36.4 Å². The normalized spacial score (nSPS) is 21.5. The summed E-state index contributed by atoms with van der Waals surface area (Å²) in [4.78, 5) is 29.1. The summed E-state index contributed by atoms with van der Waals surface area (Å²) in [7, 11) is -3.64. The first-order chi connectivity index (χ1) is 13.9. The molecule has 0 aliphatic carbocycles. The molecule has 7 nitrogen and oxygen atoms in total. The first-order valence-corrected chi connectivity index (χ1v) is 11.2. The van der Waals surface area contributed by atoms with Crippen LogP contribution in [0.5, 0.6) is 0 Å². The quantitative estimate of drug-likeness (QED) is 0.769. The smallest absolute Gasteiger partial charge is 0.253 e. The zero-order valence-corrected chi connectivity index (χ0v) is 17.0. The average molecular weight is 413 g/mol. The van der Waals surface area contributed by atoms with Gasteiger partial charge in [0.25, 0.3) is 5.91 Å². The van der Waals surface area contributed by atoms with Crippen molar-refractivity contribution in [3.05, 3.63) is 60.2 Å². The summed E-state index contributed by atoms with van der Waals surface area (Å²) < 4.78 is 25.3. The number of carbonyl (C=O) groups is 2.